The maximum atomic E-state index is 12.1. The molecule has 3 aromatic rings. The molecule has 1 heterocycles. The molecule has 0 unspecified atom stereocenters. The SMILES string of the molecule is O=C(Cc1cccc2ccccc12)c1cscn1. The molecule has 0 N–H and O–H groups in total. The zero-order valence-corrected chi connectivity index (χ0v) is 10.5. The van der Waals surface area contributed by atoms with Crippen molar-refractivity contribution in [1.29, 1.82) is 0 Å². The van der Waals surface area contributed by atoms with Crippen molar-refractivity contribution in [3.63, 3.8) is 0 Å². The maximum Gasteiger partial charge on any atom is 0.186 e. The van der Waals surface area contributed by atoms with E-state index in [-0.39, 0.29) is 5.78 Å². The van der Waals surface area contributed by atoms with E-state index in [1.54, 1.807) is 10.9 Å². The summed E-state index contributed by atoms with van der Waals surface area (Å²) in [4.78, 5) is 16.1. The van der Waals surface area contributed by atoms with E-state index < -0.39 is 0 Å². The summed E-state index contributed by atoms with van der Waals surface area (Å²) in [7, 11) is 0. The predicted molar refractivity (Wildman–Crippen MR) is 74.1 cm³/mol. The number of hydrogen-bond donors (Lipinski definition) is 0. The maximum absolute atomic E-state index is 12.1. The Hall–Kier alpha value is -2.00. The first-order chi connectivity index (χ1) is 8.84. The van der Waals surface area contributed by atoms with Crippen molar-refractivity contribution in [2.75, 3.05) is 0 Å². The van der Waals surface area contributed by atoms with E-state index in [0.717, 1.165) is 10.9 Å². The van der Waals surface area contributed by atoms with Gasteiger partial charge in [-0.1, -0.05) is 42.5 Å². The largest absolute Gasteiger partial charge is 0.292 e. The van der Waals surface area contributed by atoms with Crippen LogP contribution in [-0.2, 0) is 6.42 Å². The van der Waals surface area contributed by atoms with Gasteiger partial charge in [-0.05, 0) is 16.3 Å². The van der Waals surface area contributed by atoms with Crippen molar-refractivity contribution >= 4 is 27.9 Å². The number of carbonyl (C=O) groups excluding carboxylic acids is 1. The van der Waals surface area contributed by atoms with E-state index in [4.69, 9.17) is 0 Å². The minimum absolute atomic E-state index is 0.0765. The number of aromatic nitrogens is 1. The highest BCUT2D eigenvalue weighted by Gasteiger charge is 2.10. The molecule has 0 aliphatic heterocycles. The van der Waals surface area contributed by atoms with Crippen LogP contribution in [-0.4, -0.2) is 10.8 Å². The Morgan fingerprint density at radius 2 is 1.94 bits per heavy atom. The van der Waals surface area contributed by atoms with Crippen LogP contribution in [0.5, 0.6) is 0 Å². The minimum atomic E-state index is 0.0765. The van der Waals surface area contributed by atoms with Crippen molar-refractivity contribution in [3.05, 3.63) is 64.6 Å². The first kappa shape index (κ1) is 11.1. The van der Waals surface area contributed by atoms with E-state index in [1.807, 2.05) is 24.3 Å². The number of rotatable bonds is 3. The van der Waals surface area contributed by atoms with Gasteiger partial charge in [0.05, 0.1) is 5.51 Å². The quantitative estimate of drug-likeness (QED) is 0.666. The molecule has 0 aliphatic rings. The summed E-state index contributed by atoms with van der Waals surface area (Å²) in [5.41, 5.74) is 3.31. The third-order valence-corrected chi connectivity index (χ3v) is 3.54. The van der Waals surface area contributed by atoms with Gasteiger partial charge in [-0.25, -0.2) is 4.98 Å². The molecule has 0 aliphatic carbocycles. The number of fused-ring (bicyclic) bond motifs is 1. The Kier molecular flexibility index (Phi) is 2.90. The van der Waals surface area contributed by atoms with Gasteiger partial charge in [0, 0.05) is 11.8 Å². The lowest BCUT2D eigenvalue weighted by Crippen LogP contribution is -2.04. The Morgan fingerprint density at radius 1 is 1.11 bits per heavy atom. The first-order valence-corrected chi connectivity index (χ1v) is 6.67. The summed E-state index contributed by atoms with van der Waals surface area (Å²) in [6, 6.07) is 14.2. The van der Waals surface area contributed by atoms with Crippen molar-refractivity contribution < 1.29 is 4.79 Å². The molecule has 0 atom stereocenters. The average Bonchev–Trinajstić information content (AvgIpc) is 2.93. The standard InChI is InChI=1S/C15H11NOS/c17-15(14-9-18-10-16-14)8-12-6-3-5-11-4-1-2-7-13(11)12/h1-7,9-10H,8H2. The van der Waals surface area contributed by atoms with Gasteiger partial charge in [0.15, 0.2) is 5.78 Å². The summed E-state index contributed by atoms with van der Waals surface area (Å²) < 4.78 is 0. The van der Waals surface area contributed by atoms with E-state index in [1.165, 1.54) is 16.7 Å². The van der Waals surface area contributed by atoms with Crippen LogP contribution in [0, 0.1) is 0 Å². The number of Topliss-reactive ketones (excluding diaryl/α,β-unsaturated/α-hetero) is 1. The van der Waals surface area contributed by atoms with Crippen LogP contribution in [0.2, 0.25) is 0 Å². The highest BCUT2D eigenvalue weighted by Crippen LogP contribution is 2.20. The molecule has 0 saturated carbocycles. The predicted octanol–water partition coefficient (Wildman–Crippen LogP) is 3.72. The molecule has 2 aromatic carbocycles. The lowest BCUT2D eigenvalue weighted by atomic mass is 10.00. The van der Waals surface area contributed by atoms with Gasteiger partial charge in [-0.15, -0.1) is 11.3 Å². The Bertz CT molecular complexity index is 683. The second-order valence-electron chi connectivity index (χ2n) is 4.11. The van der Waals surface area contributed by atoms with Crippen molar-refractivity contribution in [2.45, 2.75) is 6.42 Å². The van der Waals surface area contributed by atoms with E-state index in [2.05, 4.69) is 23.2 Å². The fourth-order valence-electron chi connectivity index (χ4n) is 2.06. The topological polar surface area (TPSA) is 30.0 Å². The number of carbonyl (C=O) groups is 1. The summed E-state index contributed by atoms with van der Waals surface area (Å²) in [5, 5.41) is 4.11. The molecule has 0 spiro atoms. The smallest absolute Gasteiger partial charge is 0.186 e. The molecule has 0 saturated heterocycles. The molecular weight excluding hydrogens is 242 g/mol. The summed E-state index contributed by atoms with van der Waals surface area (Å²) in [6.45, 7) is 0. The van der Waals surface area contributed by atoms with Gasteiger partial charge in [-0.2, -0.15) is 0 Å². The molecule has 1 aromatic heterocycles. The molecule has 3 heteroatoms. The fourth-order valence-corrected chi connectivity index (χ4v) is 2.62. The molecule has 3 rings (SSSR count). The lowest BCUT2D eigenvalue weighted by Gasteiger charge is -2.04. The van der Waals surface area contributed by atoms with Gasteiger partial charge >= 0.3 is 0 Å². The molecule has 0 amide bonds. The van der Waals surface area contributed by atoms with E-state index in [9.17, 15) is 4.79 Å². The number of thiazole rings is 1. The molecule has 0 fully saturated rings. The van der Waals surface area contributed by atoms with Gasteiger partial charge < -0.3 is 0 Å². The Balaban J connectivity index is 1.98. The van der Waals surface area contributed by atoms with Crippen molar-refractivity contribution in [3.8, 4) is 0 Å². The van der Waals surface area contributed by atoms with Crippen LogP contribution >= 0.6 is 11.3 Å². The monoisotopic (exact) mass is 253 g/mol. The molecule has 0 radical (unpaired) electrons. The van der Waals surface area contributed by atoms with Crippen molar-refractivity contribution in [1.82, 2.24) is 4.98 Å². The second kappa shape index (κ2) is 4.70. The number of nitrogens with zero attached hydrogens (tertiary/aromatic N) is 1. The zero-order chi connectivity index (χ0) is 12.4. The molecular formula is C15H11NOS. The van der Waals surface area contributed by atoms with Crippen LogP contribution in [0.3, 0.4) is 0 Å². The summed E-state index contributed by atoms with van der Waals surface area (Å²) in [5.74, 6) is 0.0765. The van der Waals surface area contributed by atoms with Crippen molar-refractivity contribution in [2.24, 2.45) is 0 Å². The van der Waals surface area contributed by atoms with Gasteiger partial charge in [-0.3, -0.25) is 4.79 Å². The summed E-state index contributed by atoms with van der Waals surface area (Å²) >= 11 is 1.45. The van der Waals surface area contributed by atoms with Crippen LogP contribution < -0.4 is 0 Å². The summed E-state index contributed by atoms with van der Waals surface area (Å²) in [6.07, 6.45) is 0.408. The molecule has 88 valence electrons. The number of ketones is 1. The molecule has 18 heavy (non-hydrogen) atoms. The Morgan fingerprint density at radius 3 is 2.78 bits per heavy atom. The molecule has 2 nitrogen and oxygen atoms in total. The number of benzene rings is 2. The highest BCUT2D eigenvalue weighted by atomic mass is 32.1. The van der Waals surface area contributed by atoms with Crippen LogP contribution in [0.15, 0.2) is 53.4 Å². The second-order valence-corrected chi connectivity index (χ2v) is 4.83. The van der Waals surface area contributed by atoms with Crippen LogP contribution in [0.25, 0.3) is 10.8 Å². The third-order valence-electron chi connectivity index (χ3n) is 2.95. The third kappa shape index (κ3) is 2.05. The normalized spacial score (nSPS) is 10.7. The average molecular weight is 253 g/mol. The Labute approximate surface area is 109 Å². The number of hydrogen-bond acceptors (Lipinski definition) is 3. The highest BCUT2D eigenvalue weighted by molar-refractivity contribution is 7.07. The first-order valence-electron chi connectivity index (χ1n) is 5.72. The lowest BCUT2D eigenvalue weighted by molar-refractivity contribution is 0.0989. The zero-order valence-electron chi connectivity index (χ0n) is 9.67. The molecule has 0 bridgehead atoms. The van der Waals surface area contributed by atoms with E-state index in [0.29, 0.717) is 12.1 Å². The van der Waals surface area contributed by atoms with Crippen LogP contribution in [0.1, 0.15) is 16.1 Å². The fraction of sp³-hybridized carbons (Fsp3) is 0.0667. The van der Waals surface area contributed by atoms with Gasteiger partial charge in [0.1, 0.15) is 5.69 Å². The van der Waals surface area contributed by atoms with Crippen LogP contribution in [0.4, 0.5) is 0 Å². The minimum Gasteiger partial charge on any atom is -0.292 e. The van der Waals surface area contributed by atoms with E-state index >= 15 is 0 Å². The van der Waals surface area contributed by atoms with Gasteiger partial charge in [0.2, 0.25) is 0 Å². The van der Waals surface area contributed by atoms with Gasteiger partial charge in [0.25, 0.3) is 0 Å².